The molecule has 0 unspecified atom stereocenters. The van der Waals surface area contributed by atoms with Crippen molar-refractivity contribution in [2.45, 2.75) is 52.1 Å². The Bertz CT molecular complexity index is 391. The van der Waals surface area contributed by atoms with Gasteiger partial charge in [0.15, 0.2) is 0 Å². The number of ether oxygens (including phenoxy) is 1. The summed E-state index contributed by atoms with van der Waals surface area (Å²) >= 11 is 1.33. The van der Waals surface area contributed by atoms with Crippen LogP contribution < -0.4 is 5.32 Å². The summed E-state index contributed by atoms with van der Waals surface area (Å²) in [6, 6.07) is 0.316. The van der Waals surface area contributed by atoms with Crippen molar-refractivity contribution >= 4 is 11.3 Å². The van der Waals surface area contributed by atoms with Gasteiger partial charge in [0.25, 0.3) is 0 Å². The van der Waals surface area contributed by atoms with Gasteiger partial charge in [0.1, 0.15) is 0 Å². The highest BCUT2D eigenvalue weighted by molar-refractivity contribution is 7.11. The Morgan fingerprint density at radius 1 is 1.37 bits per heavy atom. The van der Waals surface area contributed by atoms with Gasteiger partial charge in [0, 0.05) is 37.4 Å². The van der Waals surface area contributed by atoms with Gasteiger partial charge in [-0.2, -0.15) is 13.2 Å². The van der Waals surface area contributed by atoms with Crippen molar-refractivity contribution in [2.75, 3.05) is 7.11 Å². The summed E-state index contributed by atoms with van der Waals surface area (Å²) in [5, 5.41) is 3.76. The van der Waals surface area contributed by atoms with Gasteiger partial charge >= 0.3 is 6.18 Å². The number of aromatic nitrogens is 1. The molecular weight excluding hydrogens is 277 g/mol. The van der Waals surface area contributed by atoms with Crippen molar-refractivity contribution < 1.29 is 17.9 Å². The fraction of sp³-hybridized carbons (Fsp3) is 0.750. The predicted molar refractivity (Wildman–Crippen MR) is 69.2 cm³/mol. The Balaban J connectivity index is 2.70. The first-order valence-electron chi connectivity index (χ1n) is 6.08. The zero-order valence-corrected chi connectivity index (χ0v) is 12.1. The average molecular weight is 296 g/mol. The Kier molecular flexibility index (Phi) is 6.22. The van der Waals surface area contributed by atoms with Gasteiger partial charge < -0.3 is 10.1 Å². The molecule has 0 saturated heterocycles. The molecule has 3 nitrogen and oxygen atoms in total. The molecule has 1 heterocycles. The topological polar surface area (TPSA) is 34.1 Å². The molecule has 0 saturated carbocycles. The molecular formula is C12H19F3N2OS. The van der Waals surface area contributed by atoms with Crippen molar-refractivity contribution in [2.24, 2.45) is 0 Å². The number of rotatable bonds is 7. The lowest BCUT2D eigenvalue weighted by Crippen LogP contribution is -2.21. The van der Waals surface area contributed by atoms with Crippen LogP contribution in [0.5, 0.6) is 0 Å². The second-order valence-corrected chi connectivity index (χ2v) is 5.73. The number of halogens is 3. The molecule has 0 amide bonds. The van der Waals surface area contributed by atoms with Crippen LogP contribution in [0.3, 0.4) is 0 Å². The molecule has 0 radical (unpaired) electrons. The molecule has 0 aliphatic carbocycles. The molecule has 19 heavy (non-hydrogen) atoms. The number of alkyl halides is 3. The number of hydrogen-bond donors (Lipinski definition) is 1. The van der Waals surface area contributed by atoms with Gasteiger partial charge in [-0.05, 0) is 0 Å². The summed E-state index contributed by atoms with van der Waals surface area (Å²) in [4.78, 5) is 5.19. The number of thiazole rings is 1. The van der Waals surface area contributed by atoms with Gasteiger partial charge in [-0.15, -0.1) is 11.3 Å². The van der Waals surface area contributed by atoms with Crippen LogP contribution in [0.4, 0.5) is 13.2 Å². The first kappa shape index (κ1) is 16.4. The van der Waals surface area contributed by atoms with Gasteiger partial charge in [-0.3, -0.25) is 0 Å². The van der Waals surface area contributed by atoms with Crippen LogP contribution in [0, 0.1) is 0 Å². The highest BCUT2D eigenvalue weighted by Gasteiger charge is 2.27. The highest BCUT2D eigenvalue weighted by atomic mass is 32.1. The molecule has 1 N–H and O–H groups in total. The van der Waals surface area contributed by atoms with Crippen LogP contribution in [-0.4, -0.2) is 24.3 Å². The van der Waals surface area contributed by atoms with Crippen LogP contribution in [0.2, 0.25) is 0 Å². The molecule has 1 aromatic rings. The molecule has 110 valence electrons. The highest BCUT2D eigenvalue weighted by Crippen LogP contribution is 2.26. The standard InChI is InChI=1S/C12H19F3N2OS/c1-8(2)16-6-10-9(7-18-3)17-11(19-10)4-5-12(13,14)15/h8,16H,4-7H2,1-3H3. The molecule has 1 aromatic heterocycles. The van der Waals surface area contributed by atoms with E-state index in [9.17, 15) is 13.2 Å². The number of aryl methyl sites for hydroxylation is 1. The third kappa shape index (κ3) is 6.35. The van der Waals surface area contributed by atoms with Crippen molar-refractivity contribution in [1.29, 1.82) is 0 Å². The Morgan fingerprint density at radius 2 is 2.05 bits per heavy atom. The zero-order chi connectivity index (χ0) is 14.5. The summed E-state index contributed by atoms with van der Waals surface area (Å²) in [6.07, 6.45) is -5.03. The van der Waals surface area contributed by atoms with E-state index in [4.69, 9.17) is 4.74 Å². The molecule has 1 rings (SSSR count). The SMILES string of the molecule is COCc1nc(CCC(F)(F)F)sc1CNC(C)C. The van der Waals surface area contributed by atoms with Gasteiger partial charge in [0.05, 0.1) is 17.3 Å². The molecule has 0 aliphatic rings. The maximum atomic E-state index is 12.2. The van der Waals surface area contributed by atoms with Crippen molar-refractivity contribution in [1.82, 2.24) is 10.3 Å². The van der Waals surface area contributed by atoms with Crippen molar-refractivity contribution in [3.05, 3.63) is 15.6 Å². The van der Waals surface area contributed by atoms with Gasteiger partial charge in [0.2, 0.25) is 0 Å². The Morgan fingerprint density at radius 3 is 2.58 bits per heavy atom. The first-order chi connectivity index (χ1) is 8.81. The third-order valence-corrected chi connectivity index (χ3v) is 3.55. The zero-order valence-electron chi connectivity index (χ0n) is 11.3. The van der Waals surface area contributed by atoms with Gasteiger partial charge in [-0.1, -0.05) is 13.8 Å². The molecule has 0 aromatic carbocycles. The summed E-state index contributed by atoms with van der Waals surface area (Å²) in [6.45, 7) is 4.97. The Hall–Kier alpha value is -0.660. The largest absolute Gasteiger partial charge is 0.389 e. The van der Waals surface area contributed by atoms with Crippen LogP contribution in [-0.2, 0) is 24.3 Å². The number of nitrogens with one attached hydrogen (secondary N) is 1. The van der Waals surface area contributed by atoms with Gasteiger partial charge in [-0.25, -0.2) is 4.98 Å². The Labute approximate surface area is 115 Å². The summed E-state index contributed by atoms with van der Waals surface area (Å²) in [7, 11) is 1.55. The first-order valence-corrected chi connectivity index (χ1v) is 6.90. The summed E-state index contributed by atoms with van der Waals surface area (Å²) in [5.74, 6) is 0. The number of methoxy groups -OCH3 is 1. The molecule has 0 bridgehead atoms. The van der Waals surface area contributed by atoms with E-state index in [-0.39, 0.29) is 6.42 Å². The number of nitrogens with zero attached hydrogens (tertiary/aromatic N) is 1. The summed E-state index contributed by atoms with van der Waals surface area (Å²) in [5.41, 5.74) is 0.734. The van der Waals surface area contributed by atoms with E-state index < -0.39 is 12.6 Å². The lowest BCUT2D eigenvalue weighted by Gasteiger charge is -2.07. The minimum atomic E-state index is -4.14. The minimum absolute atomic E-state index is 0.0629. The fourth-order valence-corrected chi connectivity index (χ4v) is 2.50. The fourth-order valence-electron chi connectivity index (χ4n) is 1.48. The lowest BCUT2D eigenvalue weighted by atomic mass is 10.3. The van der Waals surface area contributed by atoms with Crippen LogP contribution in [0.1, 0.15) is 35.8 Å². The third-order valence-electron chi connectivity index (χ3n) is 2.40. The maximum Gasteiger partial charge on any atom is 0.389 e. The minimum Gasteiger partial charge on any atom is -0.378 e. The second-order valence-electron chi connectivity index (χ2n) is 4.56. The van der Waals surface area contributed by atoms with E-state index in [2.05, 4.69) is 10.3 Å². The van der Waals surface area contributed by atoms with E-state index >= 15 is 0 Å². The average Bonchev–Trinajstić information content (AvgIpc) is 2.66. The van der Waals surface area contributed by atoms with E-state index in [1.54, 1.807) is 7.11 Å². The van der Waals surface area contributed by atoms with Crippen molar-refractivity contribution in [3.8, 4) is 0 Å². The normalized spacial score (nSPS) is 12.4. The quantitative estimate of drug-likeness (QED) is 0.838. The molecule has 0 spiro atoms. The van der Waals surface area contributed by atoms with E-state index in [0.717, 1.165) is 10.6 Å². The monoisotopic (exact) mass is 296 g/mol. The summed E-state index contributed by atoms with van der Waals surface area (Å²) < 4.78 is 41.6. The molecule has 0 aliphatic heterocycles. The van der Waals surface area contributed by atoms with Crippen LogP contribution >= 0.6 is 11.3 Å². The molecule has 0 atom stereocenters. The van der Waals surface area contributed by atoms with Crippen LogP contribution in [0.15, 0.2) is 0 Å². The lowest BCUT2D eigenvalue weighted by molar-refractivity contribution is -0.134. The van der Waals surface area contributed by atoms with Crippen LogP contribution in [0.25, 0.3) is 0 Å². The van der Waals surface area contributed by atoms with E-state index in [1.807, 2.05) is 13.8 Å². The molecule has 0 fully saturated rings. The maximum absolute atomic E-state index is 12.2. The number of hydrogen-bond acceptors (Lipinski definition) is 4. The van der Waals surface area contributed by atoms with E-state index in [1.165, 1.54) is 11.3 Å². The second kappa shape index (κ2) is 7.21. The smallest absolute Gasteiger partial charge is 0.378 e. The van der Waals surface area contributed by atoms with E-state index in [0.29, 0.717) is 24.2 Å². The van der Waals surface area contributed by atoms with Crippen molar-refractivity contribution in [3.63, 3.8) is 0 Å². The molecule has 7 heteroatoms. The predicted octanol–water partition coefficient (Wildman–Crippen LogP) is 3.28.